The lowest BCUT2D eigenvalue weighted by Gasteiger charge is -2.11. The molecule has 0 saturated carbocycles. The minimum absolute atomic E-state index is 0.0672. The maximum absolute atomic E-state index is 12.2. The van der Waals surface area contributed by atoms with Crippen molar-refractivity contribution in [3.8, 4) is 5.75 Å². The second-order valence-corrected chi connectivity index (χ2v) is 7.46. The Morgan fingerprint density at radius 2 is 1.79 bits per heavy atom. The summed E-state index contributed by atoms with van der Waals surface area (Å²) in [5.41, 5.74) is 2.34. The molecule has 0 radical (unpaired) electrons. The third-order valence-electron chi connectivity index (χ3n) is 3.29. The van der Waals surface area contributed by atoms with Crippen LogP contribution in [-0.4, -0.2) is 20.2 Å². The summed E-state index contributed by atoms with van der Waals surface area (Å²) in [7, 11) is -3.68. The van der Waals surface area contributed by atoms with Crippen molar-refractivity contribution < 1.29 is 13.2 Å². The number of hydrogen-bond donors (Lipinski definition) is 1. The van der Waals surface area contributed by atoms with Crippen molar-refractivity contribution in [3.63, 3.8) is 0 Å². The zero-order chi connectivity index (χ0) is 17.7. The van der Waals surface area contributed by atoms with Gasteiger partial charge in [-0.1, -0.05) is 29.8 Å². The number of aryl methyl sites for hydroxylation is 1. The highest BCUT2D eigenvalue weighted by atomic mass is 32.2. The normalized spacial score (nSPS) is 12.3. The van der Waals surface area contributed by atoms with Gasteiger partial charge in [0.05, 0.1) is 16.7 Å². The minimum atomic E-state index is -3.68. The van der Waals surface area contributed by atoms with Crippen molar-refractivity contribution in [1.29, 1.82) is 0 Å². The number of hydrogen-bond acceptors (Lipinski definition) is 4. The average molecular weight is 346 g/mol. The average Bonchev–Trinajstić information content (AvgIpc) is 2.53. The molecule has 1 N–H and O–H groups in total. The number of hydrazone groups is 1. The fourth-order valence-corrected chi connectivity index (χ4v) is 2.89. The smallest absolute Gasteiger partial charge is 0.276 e. The van der Waals surface area contributed by atoms with Gasteiger partial charge in [-0.25, -0.2) is 0 Å². The van der Waals surface area contributed by atoms with E-state index in [1.165, 1.54) is 0 Å². The van der Waals surface area contributed by atoms with E-state index in [4.69, 9.17) is 4.74 Å². The van der Waals surface area contributed by atoms with Gasteiger partial charge in [0.2, 0.25) is 0 Å². The van der Waals surface area contributed by atoms with E-state index in [-0.39, 0.29) is 11.0 Å². The minimum Gasteiger partial charge on any atom is -0.491 e. The molecule has 0 spiro atoms. The molecule has 2 aromatic carbocycles. The summed E-state index contributed by atoms with van der Waals surface area (Å²) >= 11 is 0. The quantitative estimate of drug-likeness (QED) is 0.643. The first-order chi connectivity index (χ1) is 11.3. The van der Waals surface area contributed by atoms with E-state index in [9.17, 15) is 8.42 Å². The summed E-state index contributed by atoms with van der Waals surface area (Å²) < 4.78 is 30.1. The van der Waals surface area contributed by atoms with Gasteiger partial charge in [-0.3, -0.25) is 0 Å². The summed E-state index contributed by atoms with van der Waals surface area (Å²) in [5.74, 6) is 0.721. The lowest BCUT2D eigenvalue weighted by Crippen LogP contribution is -2.20. The van der Waals surface area contributed by atoms with Gasteiger partial charge in [0.25, 0.3) is 10.0 Å². The molecule has 0 heterocycles. The van der Waals surface area contributed by atoms with Gasteiger partial charge >= 0.3 is 0 Å². The second-order valence-electron chi connectivity index (χ2n) is 5.80. The van der Waals surface area contributed by atoms with E-state index < -0.39 is 10.0 Å². The topological polar surface area (TPSA) is 67.8 Å². The molecule has 2 aromatic rings. The summed E-state index contributed by atoms with van der Waals surface area (Å²) in [5, 5.41) is 4.01. The van der Waals surface area contributed by atoms with E-state index in [0.717, 1.165) is 16.9 Å². The van der Waals surface area contributed by atoms with Crippen LogP contribution in [0.2, 0.25) is 0 Å². The lowest BCUT2D eigenvalue weighted by molar-refractivity contribution is 0.242. The van der Waals surface area contributed by atoms with Gasteiger partial charge in [0, 0.05) is 5.56 Å². The number of ether oxygens (including phenoxy) is 1. The van der Waals surface area contributed by atoms with Gasteiger partial charge in [0.15, 0.2) is 0 Å². The summed E-state index contributed by atoms with van der Waals surface area (Å²) in [6.45, 7) is 7.54. The summed E-state index contributed by atoms with van der Waals surface area (Å²) in [6, 6.07) is 14.0. The maximum atomic E-state index is 12.2. The van der Waals surface area contributed by atoms with Crippen LogP contribution in [0, 0.1) is 6.92 Å². The molecule has 0 amide bonds. The number of benzene rings is 2. The van der Waals surface area contributed by atoms with Crippen molar-refractivity contribution >= 4 is 15.7 Å². The van der Waals surface area contributed by atoms with Crippen molar-refractivity contribution in [2.24, 2.45) is 5.10 Å². The highest BCUT2D eigenvalue weighted by molar-refractivity contribution is 7.89. The Morgan fingerprint density at radius 3 is 2.42 bits per heavy atom. The molecule has 0 aliphatic heterocycles. The number of nitrogens with zero attached hydrogens (tertiary/aromatic N) is 1. The third-order valence-corrected chi connectivity index (χ3v) is 4.51. The van der Waals surface area contributed by atoms with Crippen LogP contribution < -0.4 is 9.57 Å². The molecule has 0 atom stereocenters. The highest BCUT2D eigenvalue weighted by Crippen LogP contribution is 2.16. The van der Waals surface area contributed by atoms with E-state index in [1.807, 2.05) is 45.0 Å². The van der Waals surface area contributed by atoms with Gasteiger partial charge in [-0.05, 0) is 52.0 Å². The molecule has 0 aliphatic carbocycles. The van der Waals surface area contributed by atoms with Gasteiger partial charge in [0.1, 0.15) is 5.75 Å². The SMILES string of the molecule is C/C(=N\NS(=O)(=O)c1ccc(C)cc1)c1cccc(OC(C)C)c1. The Bertz CT molecular complexity index is 826. The van der Waals surface area contributed by atoms with E-state index in [0.29, 0.717) is 5.71 Å². The van der Waals surface area contributed by atoms with Gasteiger partial charge < -0.3 is 4.74 Å². The first-order valence-electron chi connectivity index (χ1n) is 7.68. The largest absolute Gasteiger partial charge is 0.491 e. The zero-order valence-electron chi connectivity index (χ0n) is 14.3. The van der Waals surface area contributed by atoms with Crippen molar-refractivity contribution in [2.75, 3.05) is 0 Å². The Morgan fingerprint density at radius 1 is 1.12 bits per heavy atom. The summed E-state index contributed by atoms with van der Waals surface area (Å²) in [6.07, 6.45) is 0.0672. The molecule has 0 aromatic heterocycles. The fraction of sp³-hybridized carbons (Fsp3) is 0.278. The Hall–Kier alpha value is -2.34. The second kappa shape index (κ2) is 7.49. The summed E-state index contributed by atoms with van der Waals surface area (Å²) in [4.78, 5) is 2.45. The molecule has 0 bridgehead atoms. The van der Waals surface area contributed by atoms with Crippen LogP contribution in [0.15, 0.2) is 58.5 Å². The molecule has 0 saturated heterocycles. The third kappa shape index (κ3) is 4.83. The molecule has 6 heteroatoms. The van der Waals surface area contributed by atoms with Crippen LogP contribution in [-0.2, 0) is 10.0 Å². The molecule has 5 nitrogen and oxygen atoms in total. The van der Waals surface area contributed by atoms with Crippen LogP contribution >= 0.6 is 0 Å². The molecular weight excluding hydrogens is 324 g/mol. The highest BCUT2D eigenvalue weighted by Gasteiger charge is 2.12. The van der Waals surface area contributed by atoms with Gasteiger partial charge in [-0.15, -0.1) is 0 Å². The molecule has 0 aliphatic rings. The van der Waals surface area contributed by atoms with E-state index in [1.54, 1.807) is 31.2 Å². The van der Waals surface area contributed by atoms with Crippen molar-refractivity contribution in [1.82, 2.24) is 4.83 Å². The first-order valence-corrected chi connectivity index (χ1v) is 9.16. The van der Waals surface area contributed by atoms with E-state index >= 15 is 0 Å². The molecule has 0 fully saturated rings. The Labute approximate surface area is 143 Å². The number of sulfonamides is 1. The molecule has 0 unspecified atom stereocenters. The molecule has 24 heavy (non-hydrogen) atoms. The first kappa shape index (κ1) is 18.0. The van der Waals surface area contributed by atoms with E-state index in [2.05, 4.69) is 9.93 Å². The van der Waals surface area contributed by atoms with Crippen LogP contribution in [0.25, 0.3) is 0 Å². The lowest BCUT2D eigenvalue weighted by atomic mass is 10.1. The fourth-order valence-electron chi connectivity index (χ4n) is 2.03. The predicted octanol–water partition coefficient (Wildman–Crippen LogP) is 3.48. The van der Waals surface area contributed by atoms with Crippen LogP contribution in [0.5, 0.6) is 5.75 Å². The van der Waals surface area contributed by atoms with Crippen molar-refractivity contribution in [2.45, 2.75) is 38.7 Å². The zero-order valence-corrected chi connectivity index (χ0v) is 15.1. The number of nitrogens with one attached hydrogen (secondary N) is 1. The van der Waals surface area contributed by atoms with Crippen molar-refractivity contribution in [3.05, 3.63) is 59.7 Å². The monoisotopic (exact) mass is 346 g/mol. The van der Waals surface area contributed by atoms with Gasteiger partial charge in [-0.2, -0.15) is 18.4 Å². The van der Waals surface area contributed by atoms with Crippen LogP contribution in [0.1, 0.15) is 31.9 Å². The number of rotatable bonds is 6. The Balaban J connectivity index is 2.17. The van der Waals surface area contributed by atoms with Crippen LogP contribution in [0.4, 0.5) is 0 Å². The molecular formula is C18H22N2O3S. The van der Waals surface area contributed by atoms with Crippen LogP contribution in [0.3, 0.4) is 0 Å². The maximum Gasteiger partial charge on any atom is 0.276 e. The molecule has 2 rings (SSSR count). The molecule has 128 valence electrons. The predicted molar refractivity (Wildman–Crippen MR) is 95.9 cm³/mol. The Kier molecular flexibility index (Phi) is 5.62. The standard InChI is InChI=1S/C18H22N2O3S/c1-13(2)23-17-7-5-6-16(12-17)15(4)19-20-24(21,22)18-10-8-14(3)9-11-18/h5-13,20H,1-4H3/b19-15+.